The Balaban J connectivity index is 1.70. The number of hydrogen-bond donors (Lipinski definition) is 1. The molecule has 0 unspecified atom stereocenters. The van der Waals surface area contributed by atoms with Crippen molar-refractivity contribution in [1.82, 2.24) is 0 Å². The monoisotopic (exact) mass is 371 g/mol. The third-order valence-electron chi connectivity index (χ3n) is 6.04. The molecule has 1 saturated heterocycles. The van der Waals surface area contributed by atoms with Crippen molar-refractivity contribution in [3.8, 4) is 5.75 Å². The number of halogens is 3. The second-order valence-electron chi connectivity index (χ2n) is 7.79. The predicted octanol–water partition coefficient (Wildman–Crippen LogP) is 4.27. The topological polar surface area (TPSA) is 49.8 Å². The van der Waals surface area contributed by atoms with Crippen LogP contribution in [0.3, 0.4) is 0 Å². The van der Waals surface area contributed by atoms with Crippen molar-refractivity contribution in [2.24, 2.45) is 11.3 Å². The molecule has 0 aromatic heterocycles. The summed E-state index contributed by atoms with van der Waals surface area (Å²) in [7, 11) is 0. The van der Waals surface area contributed by atoms with Crippen molar-refractivity contribution in [2.75, 3.05) is 11.4 Å². The molecule has 1 aliphatic heterocycles. The fraction of sp³-hybridized carbons (Fsp3) is 0.632. The van der Waals surface area contributed by atoms with Gasteiger partial charge in [-0.2, -0.15) is 0 Å². The fourth-order valence-corrected chi connectivity index (χ4v) is 4.10. The van der Waals surface area contributed by atoms with E-state index in [0.717, 1.165) is 0 Å². The van der Waals surface area contributed by atoms with Crippen molar-refractivity contribution in [3.63, 3.8) is 0 Å². The molecule has 26 heavy (non-hydrogen) atoms. The molecule has 1 saturated carbocycles. The minimum absolute atomic E-state index is 0.00722. The SMILES string of the molecule is CC(C)C1(O)CCC2(CCN(c3ccc(OC(F)(F)F)cc3)C2=O)CC1. The second-order valence-corrected chi connectivity index (χ2v) is 7.79. The fourth-order valence-electron chi connectivity index (χ4n) is 4.10. The summed E-state index contributed by atoms with van der Waals surface area (Å²) in [6.07, 6.45) is -1.53. The predicted molar refractivity (Wildman–Crippen MR) is 90.8 cm³/mol. The maximum Gasteiger partial charge on any atom is 0.573 e. The van der Waals surface area contributed by atoms with E-state index < -0.39 is 17.4 Å². The van der Waals surface area contributed by atoms with E-state index in [-0.39, 0.29) is 17.6 Å². The number of amides is 1. The maximum absolute atomic E-state index is 13.0. The summed E-state index contributed by atoms with van der Waals surface area (Å²) in [5, 5.41) is 10.7. The number of aliphatic hydroxyl groups is 1. The molecule has 1 aliphatic carbocycles. The van der Waals surface area contributed by atoms with Crippen LogP contribution in [0.4, 0.5) is 18.9 Å². The van der Waals surface area contributed by atoms with Crippen LogP contribution in [-0.4, -0.2) is 29.5 Å². The Morgan fingerprint density at radius 3 is 2.15 bits per heavy atom. The zero-order valence-electron chi connectivity index (χ0n) is 15.0. The Labute approximate surface area is 150 Å². The van der Waals surface area contributed by atoms with Crippen LogP contribution in [0.15, 0.2) is 24.3 Å². The molecule has 3 rings (SSSR count). The summed E-state index contributed by atoms with van der Waals surface area (Å²) >= 11 is 0. The average Bonchev–Trinajstić information content (AvgIpc) is 2.87. The van der Waals surface area contributed by atoms with Crippen molar-refractivity contribution in [1.29, 1.82) is 0 Å². The van der Waals surface area contributed by atoms with Crippen molar-refractivity contribution < 1.29 is 27.8 Å². The van der Waals surface area contributed by atoms with Crippen LogP contribution in [0, 0.1) is 11.3 Å². The van der Waals surface area contributed by atoms with Crippen LogP contribution < -0.4 is 9.64 Å². The normalized spacial score (nSPS) is 29.7. The summed E-state index contributed by atoms with van der Waals surface area (Å²) in [6, 6.07) is 5.40. The molecule has 0 atom stereocenters. The van der Waals surface area contributed by atoms with E-state index in [1.54, 1.807) is 4.90 Å². The smallest absolute Gasteiger partial charge is 0.406 e. The van der Waals surface area contributed by atoms with Gasteiger partial charge in [-0.25, -0.2) is 0 Å². The average molecular weight is 371 g/mol. The lowest BCUT2D eigenvalue weighted by molar-refractivity contribution is -0.274. The molecule has 2 fully saturated rings. The Morgan fingerprint density at radius 2 is 1.65 bits per heavy atom. The van der Waals surface area contributed by atoms with Gasteiger partial charge < -0.3 is 14.7 Å². The largest absolute Gasteiger partial charge is 0.573 e. The summed E-state index contributed by atoms with van der Waals surface area (Å²) in [4.78, 5) is 14.6. The first kappa shape index (κ1) is 19.0. The quantitative estimate of drug-likeness (QED) is 0.863. The molecule has 1 amide bonds. The van der Waals surface area contributed by atoms with Gasteiger partial charge in [-0.15, -0.1) is 13.2 Å². The molecule has 1 aromatic carbocycles. The minimum Gasteiger partial charge on any atom is -0.406 e. The molecular formula is C19H24F3NO3. The second kappa shape index (κ2) is 6.44. The van der Waals surface area contributed by atoms with Gasteiger partial charge in [-0.3, -0.25) is 4.79 Å². The number of nitrogens with zero attached hydrogens (tertiary/aromatic N) is 1. The highest BCUT2D eigenvalue weighted by Crippen LogP contribution is 2.50. The van der Waals surface area contributed by atoms with Gasteiger partial charge in [-0.1, -0.05) is 13.8 Å². The van der Waals surface area contributed by atoms with Gasteiger partial charge in [0.05, 0.1) is 11.0 Å². The van der Waals surface area contributed by atoms with E-state index in [1.807, 2.05) is 13.8 Å². The number of anilines is 1. The number of ether oxygens (including phenoxy) is 1. The van der Waals surface area contributed by atoms with Gasteiger partial charge in [0, 0.05) is 12.2 Å². The molecule has 4 nitrogen and oxygen atoms in total. The summed E-state index contributed by atoms with van der Waals surface area (Å²) in [5.74, 6) is -0.149. The third-order valence-corrected chi connectivity index (χ3v) is 6.04. The van der Waals surface area contributed by atoms with Crippen LogP contribution in [-0.2, 0) is 4.79 Å². The van der Waals surface area contributed by atoms with E-state index in [2.05, 4.69) is 4.74 Å². The van der Waals surface area contributed by atoms with Gasteiger partial charge in [0.25, 0.3) is 0 Å². The number of carbonyl (C=O) groups is 1. The molecule has 0 radical (unpaired) electrons. The van der Waals surface area contributed by atoms with Crippen molar-refractivity contribution in [3.05, 3.63) is 24.3 Å². The van der Waals surface area contributed by atoms with Crippen LogP contribution in [0.1, 0.15) is 46.0 Å². The van der Waals surface area contributed by atoms with Crippen LogP contribution >= 0.6 is 0 Å². The van der Waals surface area contributed by atoms with Gasteiger partial charge in [-0.05, 0) is 62.3 Å². The number of rotatable bonds is 3. The maximum atomic E-state index is 13.0. The lowest BCUT2D eigenvalue weighted by atomic mass is 9.65. The van der Waals surface area contributed by atoms with Crippen LogP contribution in [0.5, 0.6) is 5.75 Å². The molecule has 7 heteroatoms. The molecular weight excluding hydrogens is 347 g/mol. The van der Waals surface area contributed by atoms with Gasteiger partial charge in [0.15, 0.2) is 0 Å². The Morgan fingerprint density at radius 1 is 1.08 bits per heavy atom. The molecule has 0 bridgehead atoms. The molecule has 1 spiro atoms. The van der Waals surface area contributed by atoms with Gasteiger partial charge in [0.1, 0.15) is 5.75 Å². The number of benzene rings is 1. The van der Waals surface area contributed by atoms with E-state index >= 15 is 0 Å². The summed E-state index contributed by atoms with van der Waals surface area (Å²) in [6.45, 7) is 4.52. The zero-order valence-corrected chi connectivity index (χ0v) is 15.0. The standard InChI is InChI=1S/C19H24F3NO3/c1-13(2)18(25)9-7-17(8-10-18)11-12-23(16(17)24)14-3-5-15(6-4-14)26-19(20,21)22/h3-6,13,25H,7-12H2,1-2H3. The molecule has 2 aliphatic rings. The van der Waals surface area contributed by atoms with E-state index in [0.29, 0.717) is 44.3 Å². The lowest BCUT2D eigenvalue weighted by Gasteiger charge is -2.43. The van der Waals surface area contributed by atoms with Gasteiger partial charge >= 0.3 is 6.36 Å². The highest BCUT2D eigenvalue weighted by atomic mass is 19.4. The zero-order chi connectivity index (χ0) is 19.2. The summed E-state index contributed by atoms with van der Waals surface area (Å²) in [5.41, 5.74) is -0.594. The first-order chi connectivity index (χ1) is 12.0. The highest BCUT2D eigenvalue weighted by Gasteiger charge is 2.52. The van der Waals surface area contributed by atoms with E-state index in [9.17, 15) is 23.1 Å². The van der Waals surface area contributed by atoms with Crippen LogP contribution in [0.2, 0.25) is 0 Å². The van der Waals surface area contributed by atoms with Gasteiger partial charge in [0.2, 0.25) is 5.91 Å². The number of carbonyl (C=O) groups excluding carboxylic acids is 1. The molecule has 144 valence electrons. The van der Waals surface area contributed by atoms with E-state index in [4.69, 9.17) is 0 Å². The first-order valence-electron chi connectivity index (χ1n) is 8.95. The third kappa shape index (κ3) is 3.54. The molecule has 1 heterocycles. The van der Waals surface area contributed by atoms with E-state index in [1.165, 1.54) is 24.3 Å². The Bertz CT molecular complexity index is 662. The van der Waals surface area contributed by atoms with Crippen LogP contribution in [0.25, 0.3) is 0 Å². The Kier molecular flexibility index (Phi) is 4.71. The molecule has 1 N–H and O–H groups in total. The summed E-state index contributed by atoms with van der Waals surface area (Å²) < 4.78 is 40.6. The Hall–Kier alpha value is -1.76. The number of alkyl halides is 3. The minimum atomic E-state index is -4.73. The first-order valence-corrected chi connectivity index (χ1v) is 8.95. The lowest BCUT2D eigenvalue weighted by Crippen LogP contribution is -2.46. The van der Waals surface area contributed by atoms with Crippen molar-refractivity contribution in [2.45, 2.75) is 57.9 Å². The molecule has 1 aromatic rings. The highest BCUT2D eigenvalue weighted by molar-refractivity contribution is 6.00. The van der Waals surface area contributed by atoms with Crippen molar-refractivity contribution >= 4 is 11.6 Å². The number of hydrogen-bond acceptors (Lipinski definition) is 3.